The van der Waals surface area contributed by atoms with Gasteiger partial charge in [0.1, 0.15) is 5.60 Å². The van der Waals surface area contributed by atoms with E-state index in [1.54, 1.807) is 0 Å². The van der Waals surface area contributed by atoms with Crippen molar-refractivity contribution in [1.82, 2.24) is 0 Å². The third-order valence-electron chi connectivity index (χ3n) is 8.55. The van der Waals surface area contributed by atoms with Crippen molar-refractivity contribution in [2.75, 3.05) is 0 Å². The van der Waals surface area contributed by atoms with Crippen molar-refractivity contribution < 1.29 is 22.3 Å². The Balaban J connectivity index is 1.50. The smallest absolute Gasteiger partial charge is 0.377 e. The molecule has 4 fully saturated rings. The SMILES string of the molecule is C#C[C@]1(O)CC[C@H]2[C@@H]3CC[C@@H]4C[C@H](OS(=O)(=O)O)CC[C@@H]4[C@H]3CC[C@@]21C. The standard InChI is InChI=1S/C20H30O5S/c1-3-20(21)11-9-18-17-6-4-13-12-14(25-26(22,23)24)5-7-15(13)16(17)8-10-19(18,20)2/h1,13-18,21H,4-12H2,2H3,(H,22,23,24)/t13-,14-,15+,16-,17-,18+,19+,20+/m1/s1. The molecule has 146 valence electrons. The summed E-state index contributed by atoms with van der Waals surface area (Å²) in [5.74, 6) is 5.58. The number of hydrogen-bond donors (Lipinski definition) is 2. The number of fused-ring (bicyclic) bond motifs is 5. The summed E-state index contributed by atoms with van der Waals surface area (Å²) in [7, 11) is -4.37. The van der Waals surface area contributed by atoms with E-state index in [1.165, 1.54) is 0 Å². The van der Waals surface area contributed by atoms with E-state index in [0.29, 0.717) is 42.4 Å². The van der Waals surface area contributed by atoms with Gasteiger partial charge in [0.25, 0.3) is 0 Å². The summed E-state index contributed by atoms with van der Waals surface area (Å²) >= 11 is 0. The van der Waals surface area contributed by atoms with Gasteiger partial charge in [-0.25, -0.2) is 4.18 Å². The zero-order chi connectivity index (χ0) is 18.7. The van der Waals surface area contributed by atoms with Gasteiger partial charge in [0.2, 0.25) is 0 Å². The first-order chi connectivity index (χ1) is 12.2. The predicted octanol–water partition coefficient (Wildman–Crippen LogP) is 3.19. The molecule has 2 N–H and O–H groups in total. The molecule has 0 aromatic rings. The molecule has 0 unspecified atom stereocenters. The highest BCUT2D eigenvalue weighted by molar-refractivity contribution is 7.80. The van der Waals surface area contributed by atoms with Crippen molar-refractivity contribution in [3.63, 3.8) is 0 Å². The monoisotopic (exact) mass is 382 g/mol. The van der Waals surface area contributed by atoms with E-state index >= 15 is 0 Å². The normalized spacial score (nSPS) is 51.0. The molecule has 0 aliphatic heterocycles. The van der Waals surface area contributed by atoms with Gasteiger partial charge in [-0.2, -0.15) is 8.42 Å². The topological polar surface area (TPSA) is 83.8 Å². The van der Waals surface area contributed by atoms with Crippen LogP contribution in [0.15, 0.2) is 0 Å². The molecule has 4 saturated carbocycles. The van der Waals surface area contributed by atoms with Crippen molar-refractivity contribution in [3.8, 4) is 12.3 Å². The van der Waals surface area contributed by atoms with E-state index < -0.39 is 16.0 Å². The van der Waals surface area contributed by atoms with Crippen molar-refractivity contribution in [2.24, 2.45) is 35.0 Å². The third-order valence-corrected chi connectivity index (χ3v) is 9.07. The summed E-state index contributed by atoms with van der Waals surface area (Å²) in [6.45, 7) is 2.20. The van der Waals surface area contributed by atoms with Gasteiger partial charge >= 0.3 is 10.4 Å². The van der Waals surface area contributed by atoms with Crippen LogP contribution in [0, 0.1) is 47.3 Å². The first-order valence-corrected chi connectivity index (χ1v) is 11.4. The fourth-order valence-corrected chi connectivity index (χ4v) is 7.84. The summed E-state index contributed by atoms with van der Waals surface area (Å²) in [5.41, 5.74) is -1.12. The van der Waals surface area contributed by atoms with Gasteiger partial charge in [-0.3, -0.25) is 4.55 Å². The van der Waals surface area contributed by atoms with Crippen molar-refractivity contribution in [2.45, 2.75) is 76.4 Å². The maximum atomic E-state index is 11.0. The molecule has 0 aromatic heterocycles. The van der Waals surface area contributed by atoms with E-state index in [4.69, 9.17) is 15.2 Å². The van der Waals surface area contributed by atoms with Gasteiger partial charge in [0.05, 0.1) is 6.10 Å². The zero-order valence-corrected chi connectivity index (χ0v) is 16.2. The largest absolute Gasteiger partial charge is 0.397 e. The molecule has 4 aliphatic carbocycles. The molecular weight excluding hydrogens is 352 g/mol. The van der Waals surface area contributed by atoms with Crippen LogP contribution in [-0.4, -0.2) is 29.8 Å². The molecule has 26 heavy (non-hydrogen) atoms. The van der Waals surface area contributed by atoms with Crippen LogP contribution in [0.5, 0.6) is 0 Å². The molecule has 8 atom stereocenters. The van der Waals surface area contributed by atoms with E-state index in [-0.39, 0.29) is 11.5 Å². The highest BCUT2D eigenvalue weighted by Crippen LogP contribution is 2.65. The zero-order valence-electron chi connectivity index (χ0n) is 15.4. The Labute approximate surface area is 156 Å². The number of rotatable bonds is 2. The lowest BCUT2D eigenvalue weighted by Gasteiger charge is -2.56. The minimum atomic E-state index is -4.37. The van der Waals surface area contributed by atoms with Gasteiger partial charge in [-0.15, -0.1) is 6.42 Å². The molecule has 0 saturated heterocycles. The van der Waals surface area contributed by atoms with Crippen molar-refractivity contribution >= 4 is 10.4 Å². The molecule has 4 aliphatic rings. The second kappa shape index (κ2) is 6.20. The second-order valence-corrected chi connectivity index (χ2v) is 10.4. The van der Waals surface area contributed by atoms with Crippen LogP contribution in [0.4, 0.5) is 0 Å². The quantitative estimate of drug-likeness (QED) is 0.566. The lowest BCUT2D eigenvalue weighted by molar-refractivity contribution is -0.110. The van der Waals surface area contributed by atoms with Crippen LogP contribution >= 0.6 is 0 Å². The molecule has 5 nitrogen and oxygen atoms in total. The lowest BCUT2D eigenvalue weighted by Crippen LogP contribution is -2.53. The summed E-state index contributed by atoms with van der Waals surface area (Å²) in [6.07, 6.45) is 13.8. The van der Waals surface area contributed by atoms with Crippen molar-refractivity contribution in [3.05, 3.63) is 0 Å². The Morgan fingerprint density at radius 1 is 1.04 bits per heavy atom. The first-order valence-electron chi connectivity index (χ1n) is 10.0. The van der Waals surface area contributed by atoms with Crippen LogP contribution in [-0.2, 0) is 14.6 Å². The number of terminal acetylenes is 1. The molecule has 0 aromatic carbocycles. The van der Waals surface area contributed by atoms with Crippen LogP contribution in [0.2, 0.25) is 0 Å². The van der Waals surface area contributed by atoms with E-state index in [9.17, 15) is 13.5 Å². The maximum Gasteiger partial charge on any atom is 0.397 e. The third kappa shape index (κ3) is 2.83. The summed E-state index contributed by atoms with van der Waals surface area (Å²) in [5, 5.41) is 11.0. The summed E-state index contributed by atoms with van der Waals surface area (Å²) in [4.78, 5) is 0. The van der Waals surface area contributed by atoms with Gasteiger partial charge in [-0.1, -0.05) is 12.8 Å². The second-order valence-electron chi connectivity index (χ2n) is 9.39. The van der Waals surface area contributed by atoms with Gasteiger partial charge in [0, 0.05) is 5.41 Å². The molecule has 0 amide bonds. The van der Waals surface area contributed by atoms with E-state index in [1.807, 2.05) is 0 Å². The fraction of sp³-hybridized carbons (Fsp3) is 0.900. The first kappa shape index (κ1) is 18.7. The van der Waals surface area contributed by atoms with E-state index in [2.05, 4.69) is 12.8 Å². The van der Waals surface area contributed by atoms with Crippen LogP contribution in [0.25, 0.3) is 0 Å². The Hall–Kier alpha value is -0.610. The average molecular weight is 383 g/mol. The molecule has 0 spiro atoms. The molecule has 0 bridgehead atoms. The predicted molar refractivity (Wildman–Crippen MR) is 97.3 cm³/mol. The molecule has 4 rings (SSSR count). The maximum absolute atomic E-state index is 11.0. The van der Waals surface area contributed by atoms with Crippen LogP contribution in [0.3, 0.4) is 0 Å². The van der Waals surface area contributed by atoms with Gasteiger partial charge in [-0.05, 0) is 87.4 Å². The lowest BCUT2D eigenvalue weighted by atomic mass is 9.49. The minimum Gasteiger partial charge on any atom is -0.377 e. The van der Waals surface area contributed by atoms with Crippen molar-refractivity contribution in [1.29, 1.82) is 0 Å². The highest BCUT2D eigenvalue weighted by atomic mass is 32.3. The van der Waals surface area contributed by atoms with Crippen LogP contribution < -0.4 is 0 Å². The van der Waals surface area contributed by atoms with Gasteiger partial charge < -0.3 is 5.11 Å². The van der Waals surface area contributed by atoms with Crippen LogP contribution in [0.1, 0.15) is 64.7 Å². The van der Waals surface area contributed by atoms with Gasteiger partial charge in [0.15, 0.2) is 0 Å². The molecular formula is C20H30O5S. The number of aliphatic hydroxyl groups is 1. The Bertz CT molecular complexity index is 712. The Kier molecular flexibility index (Phi) is 4.47. The average Bonchev–Trinajstić information content (AvgIpc) is 2.85. The molecule has 0 radical (unpaired) electrons. The number of hydrogen-bond acceptors (Lipinski definition) is 4. The Morgan fingerprint density at radius 2 is 1.77 bits per heavy atom. The molecule has 6 heteroatoms. The fourth-order valence-electron chi connectivity index (χ4n) is 7.32. The Morgan fingerprint density at radius 3 is 2.46 bits per heavy atom. The summed E-state index contributed by atoms with van der Waals surface area (Å²) in [6, 6.07) is 0. The van der Waals surface area contributed by atoms with E-state index in [0.717, 1.165) is 44.9 Å². The minimum absolute atomic E-state index is 0.166. The molecule has 0 heterocycles. The summed E-state index contributed by atoms with van der Waals surface area (Å²) < 4.78 is 35.9. The highest BCUT2D eigenvalue weighted by Gasteiger charge is 2.62.